The summed E-state index contributed by atoms with van der Waals surface area (Å²) in [5.41, 5.74) is 1.39. The third-order valence-electron chi connectivity index (χ3n) is 2.20. The molecule has 0 aliphatic heterocycles. The van der Waals surface area contributed by atoms with Gasteiger partial charge in [0.05, 0.1) is 5.69 Å². The molecule has 0 spiro atoms. The fraction of sp³-hybridized carbons (Fsp3) is 0.182. The summed E-state index contributed by atoms with van der Waals surface area (Å²) < 4.78 is 1.80. The summed E-state index contributed by atoms with van der Waals surface area (Å²) in [7, 11) is 0. The third kappa shape index (κ3) is 1.97. The standard InChI is InChI=1S/C11H11ClN2O/c1-2-14-6-5-10(13-14)9-7-8(12)3-4-11(9)15/h3-7,15H,2H2,1H3. The van der Waals surface area contributed by atoms with Gasteiger partial charge in [-0.3, -0.25) is 4.68 Å². The minimum Gasteiger partial charge on any atom is -0.507 e. The Morgan fingerprint density at radius 3 is 2.87 bits per heavy atom. The van der Waals surface area contributed by atoms with Gasteiger partial charge in [-0.1, -0.05) is 11.6 Å². The van der Waals surface area contributed by atoms with Crippen LogP contribution in [0.25, 0.3) is 11.3 Å². The van der Waals surface area contributed by atoms with Crippen LogP contribution in [0.1, 0.15) is 6.92 Å². The van der Waals surface area contributed by atoms with Gasteiger partial charge in [-0.2, -0.15) is 5.10 Å². The topological polar surface area (TPSA) is 38.0 Å². The van der Waals surface area contributed by atoms with Crippen molar-refractivity contribution < 1.29 is 5.11 Å². The first-order valence-electron chi connectivity index (χ1n) is 4.73. The number of phenols is 1. The first kappa shape index (κ1) is 10.1. The van der Waals surface area contributed by atoms with E-state index in [4.69, 9.17) is 11.6 Å². The molecule has 0 aliphatic rings. The monoisotopic (exact) mass is 222 g/mol. The van der Waals surface area contributed by atoms with Crippen molar-refractivity contribution in [1.29, 1.82) is 0 Å². The number of aryl methyl sites for hydroxylation is 1. The Kier molecular flexibility index (Phi) is 2.64. The predicted molar refractivity (Wildman–Crippen MR) is 60.0 cm³/mol. The van der Waals surface area contributed by atoms with Crippen LogP contribution < -0.4 is 0 Å². The first-order chi connectivity index (χ1) is 7.20. The molecular weight excluding hydrogens is 212 g/mol. The third-order valence-corrected chi connectivity index (χ3v) is 2.43. The molecule has 4 heteroatoms. The maximum Gasteiger partial charge on any atom is 0.125 e. The fourth-order valence-corrected chi connectivity index (χ4v) is 1.57. The Hall–Kier alpha value is -1.48. The van der Waals surface area contributed by atoms with Gasteiger partial charge in [0, 0.05) is 23.3 Å². The van der Waals surface area contributed by atoms with Gasteiger partial charge in [0.2, 0.25) is 0 Å². The average molecular weight is 223 g/mol. The summed E-state index contributed by atoms with van der Waals surface area (Å²) >= 11 is 5.86. The van der Waals surface area contributed by atoms with Crippen LogP contribution in [-0.4, -0.2) is 14.9 Å². The molecule has 2 aromatic rings. The largest absolute Gasteiger partial charge is 0.507 e. The number of nitrogens with zero attached hydrogens (tertiary/aromatic N) is 2. The van der Waals surface area contributed by atoms with Crippen molar-refractivity contribution in [3.8, 4) is 17.0 Å². The van der Waals surface area contributed by atoms with Crippen LogP contribution in [0.2, 0.25) is 5.02 Å². The summed E-state index contributed by atoms with van der Waals surface area (Å²) in [6.45, 7) is 2.82. The highest BCUT2D eigenvalue weighted by molar-refractivity contribution is 6.30. The molecule has 1 N–H and O–H groups in total. The van der Waals surface area contributed by atoms with Crippen molar-refractivity contribution in [3.63, 3.8) is 0 Å². The smallest absolute Gasteiger partial charge is 0.125 e. The van der Waals surface area contributed by atoms with E-state index in [-0.39, 0.29) is 5.75 Å². The molecule has 3 nitrogen and oxygen atoms in total. The lowest BCUT2D eigenvalue weighted by molar-refractivity contribution is 0.477. The second kappa shape index (κ2) is 3.95. The molecule has 0 unspecified atom stereocenters. The maximum atomic E-state index is 9.66. The van der Waals surface area contributed by atoms with Gasteiger partial charge in [-0.05, 0) is 31.2 Å². The van der Waals surface area contributed by atoms with Crippen LogP contribution in [0.4, 0.5) is 0 Å². The summed E-state index contributed by atoms with van der Waals surface area (Å²) in [4.78, 5) is 0. The zero-order chi connectivity index (χ0) is 10.8. The van der Waals surface area contributed by atoms with E-state index in [1.165, 1.54) is 0 Å². The quantitative estimate of drug-likeness (QED) is 0.849. The first-order valence-corrected chi connectivity index (χ1v) is 5.11. The molecule has 0 saturated carbocycles. The van der Waals surface area contributed by atoms with E-state index in [0.717, 1.165) is 12.2 Å². The van der Waals surface area contributed by atoms with Gasteiger partial charge in [-0.25, -0.2) is 0 Å². The van der Waals surface area contributed by atoms with E-state index >= 15 is 0 Å². The van der Waals surface area contributed by atoms with Gasteiger partial charge in [0.25, 0.3) is 0 Å². The molecule has 1 aromatic heterocycles. The van der Waals surface area contributed by atoms with Crippen LogP contribution >= 0.6 is 11.6 Å². The van der Waals surface area contributed by atoms with Crippen LogP contribution in [0, 0.1) is 0 Å². The van der Waals surface area contributed by atoms with Gasteiger partial charge in [0.15, 0.2) is 0 Å². The fourth-order valence-electron chi connectivity index (χ4n) is 1.39. The number of rotatable bonds is 2. The zero-order valence-corrected chi connectivity index (χ0v) is 9.07. The maximum absolute atomic E-state index is 9.66. The highest BCUT2D eigenvalue weighted by Gasteiger charge is 2.07. The lowest BCUT2D eigenvalue weighted by atomic mass is 10.1. The van der Waals surface area contributed by atoms with Crippen LogP contribution in [0.5, 0.6) is 5.75 Å². The SMILES string of the molecule is CCn1ccc(-c2cc(Cl)ccc2O)n1. The number of halogens is 1. The van der Waals surface area contributed by atoms with Gasteiger partial charge in [0.1, 0.15) is 5.75 Å². The summed E-state index contributed by atoms with van der Waals surface area (Å²) in [5, 5.41) is 14.6. The summed E-state index contributed by atoms with van der Waals surface area (Å²) in [5.74, 6) is 0.195. The normalized spacial score (nSPS) is 10.5. The molecule has 1 aromatic carbocycles. The van der Waals surface area contributed by atoms with E-state index in [2.05, 4.69) is 5.10 Å². The number of hydrogen-bond acceptors (Lipinski definition) is 2. The van der Waals surface area contributed by atoms with Crippen LogP contribution in [0.3, 0.4) is 0 Å². The van der Waals surface area contributed by atoms with Crippen molar-refractivity contribution in [2.45, 2.75) is 13.5 Å². The lowest BCUT2D eigenvalue weighted by Crippen LogP contribution is -1.93. The van der Waals surface area contributed by atoms with Crippen LogP contribution in [0.15, 0.2) is 30.5 Å². The Morgan fingerprint density at radius 2 is 2.20 bits per heavy atom. The molecular formula is C11H11ClN2O. The number of aromatic nitrogens is 2. The average Bonchev–Trinajstić information content (AvgIpc) is 2.70. The van der Waals surface area contributed by atoms with Gasteiger partial charge >= 0.3 is 0 Å². The number of hydrogen-bond donors (Lipinski definition) is 1. The van der Waals surface area contributed by atoms with Crippen molar-refractivity contribution in [2.24, 2.45) is 0 Å². The molecule has 2 rings (SSSR count). The number of benzene rings is 1. The number of phenolic OH excluding ortho intramolecular Hbond substituents is 1. The van der Waals surface area contributed by atoms with Crippen LogP contribution in [-0.2, 0) is 6.54 Å². The molecule has 0 radical (unpaired) electrons. The van der Waals surface area contributed by atoms with E-state index < -0.39 is 0 Å². The summed E-state index contributed by atoms with van der Waals surface area (Å²) in [6, 6.07) is 6.79. The number of aromatic hydroxyl groups is 1. The predicted octanol–water partition coefficient (Wildman–Crippen LogP) is 2.93. The Balaban J connectivity index is 2.48. The second-order valence-electron chi connectivity index (χ2n) is 3.22. The molecule has 78 valence electrons. The minimum absolute atomic E-state index is 0.195. The van der Waals surface area contributed by atoms with E-state index in [0.29, 0.717) is 10.6 Å². The highest BCUT2D eigenvalue weighted by Crippen LogP contribution is 2.30. The molecule has 0 amide bonds. The van der Waals surface area contributed by atoms with Crippen molar-refractivity contribution >= 4 is 11.6 Å². The minimum atomic E-state index is 0.195. The second-order valence-corrected chi connectivity index (χ2v) is 3.65. The van der Waals surface area contributed by atoms with Crippen molar-refractivity contribution in [3.05, 3.63) is 35.5 Å². The molecule has 15 heavy (non-hydrogen) atoms. The van der Waals surface area contributed by atoms with Gasteiger partial charge < -0.3 is 5.11 Å². The Bertz CT molecular complexity index is 479. The van der Waals surface area contributed by atoms with Gasteiger partial charge in [-0.15, -0.1) is 0 Å². The molecule has 0 aliphatic carbocycles. The molecule has 0 fully saturated rings. The Labute approximate surface area is 92.9 Å². The zero-order valence-electron chi connectivity index (χ0n) is 8.31. The summed E-state index contributed by atoms with van der Waals surface area (Å²) in [6.07, 6.45) is 1.87. The molecule has 0 bridgehead atoms. The highest BCUT2D eigenvalue weighted by atomic mass is 35.5. The van der Waals surface area contributed by atoms with E-state index in [1.54, 1.807) is 22.9 Å². The molecule has 0 saturated heterocycles. The lowest BCUT2D eigenvalue weighted by Gasteiger charge is -2.01. The molecule has 0 atom stereocenters. The van der Waals surface area contributed by atoms with E-state index in [9.17, 15) is 5.11 Å². The van der Waals surface area contributed by atoms with Crippen molar-refractivity contribution in [1.82, 2.24) is 9.78 Å². The Morgan fingerprint density at radius 1 is 1.40 bits per heavy atom. The molecule has 1 heterocycles. The van der Waals surface area contributed by atoms with Crippen molar-refractivity contribution in [2.75, 3.05) is 0 Å². The van der Waals surface area contributed by atoms with E-state index in [1.807, 2.05) is 19.2 Å².